The predicted octanol–water partition coefficient (Wildman–Crippen LogP) is 3.09. The molecule has 0 saturated heterocycles. The van der Waals surface area contributed by atoms with Crippen molar-refractivity contribution in [2.45, 2.75) is 6.42 Å². The number of rotatable bonds is 2. The summed E-state index contributed by atoms with van der Waals surface area (Å²) in [7, 11) is 1.53. The highest BCUT2D eigenvalue weighted by molar-refractivity contribution is 6.31. The molecule has 0 radical (unpaired) electrons. The van der Waals surface area contributed by atoms with Crippen LogP contribution < -0.4 is 9.64 Å². The van der Waals surface area contributed by atoms with E-state index in [0.29, 0.717) is 35.5 Å². The molecule has 1 aromatic heterocycles. The molecule has 108 valence electrons. The SMILES string of the molecule is COc1cncc(N2CCc3c(ccc(Cl)c3F)C2=O)c1. The van der Waals surface area contributed by atoms with E-state index in [1.165, 1.54) is 13.2 Å². The van der Waals surface area contributed by atoms with Crippen molar-refractivity contribution in [3.8, 4) is 5.75 Å². The number of nitrogens with zero attached hydrogens (tertiary/aromatic N) is 2. The monoisotopic (exact) mass is 306 g/mol. The highest BCUT2D eigenvalue weighted by atomic mass is 35.5. The Kier molecular flexibility index (Phi) is 3.51. The van der Waals surface area contributed by atoms with Gasteiger partial charge in [-0.15, -0.1) is 0 Å². The van der Waals surface area contributed by atoms with Gasteiger partial charge in [-0.25, -0.2) is 4.39 Å². The number of hydrogen-bond donors (Lipinski definition) is 0. The second-order valence-corrected chi connectivity index (χ2v) is 5.08. The normalized spacial score (nSPS) is 14.0. The van der Waals surface area contributed by atoms with Gasteiger partial charge in [-0.05, 0) is 18.6 Å². The Hall–Kier alpha value is -2.14. The zero-order chi connectivity index (χ0) is 15.0. The number of carbonyl (C=O) groups is 1. The van der Waals surface area contributed by atoms with Crippen molar-refractivity contribution in [1.29, 1.82) is 0 Å². The number of benzene rings is 1. The van der Waals surface area contributed by atoms with Gasteiger partial charge in [0.25, 0.3) is 5.91 Å². The molecular weight excluding hydrogens is 295 g/mol. The number of ether oxygens (including phenoxy) is 1. The van der Waals surface area contributed by atoms with Crippen LogP contribution in [0.3, 0.4) is 0 Å². The maximum Gasteiger partial charge on any atom is 0.258 e. The maximum absolute atomic E-state index is 14.0. The zero-order valence-corrected chi connectivity index (χ0v) is 12.0. The van der Waals surface area contributed by atoms with Crippen molar-refractivity contribution in [1.82, 2.24) is 4.98 Å². The van der Waals surface area contributed by atoms with Gasteiger partial charge in [0.05, 0.1) is 30.2 Å². The summed E-state index contributed by atoms with van der Waals surface area (Å²) < 4.78 is 19.1. The molecular formula is C15H12ClFN2O2. The van der Waals surface area contributed by atoms with Crippen LogP contribution in [0.2, 0.25) is 5.02 Å². The third-order valence-corrected chi connectivity index (χ3v) is 3.80. The molecule has 0 saturated carbocycles. The number of halogens is 2. The van der Waals surface area contributed by atoms with Crippen LogP contribution in [-0.2, 0) is 6.42 Å². The minimum Gasteiger partial charge on any atom is -0.495 e. The van der Waals surface area contributed by atoms with E-state index in [1.807, 2.05) is 0 Å². The molecule has 0 fully saturated rings. The van der Waals surface area contributed by atoms with Crippen molar-refractivity contribution >= 4 is 23.2 Å². The Labute approximate surface area is 126 Å². The lowest BCUT2D eigenvalue weighted by Crippen LogP contribution is -2.38. The number of fused-ring (bicyclic) bond motifs is 1. The summed E-state index contributed by atoms with van der Waals surface area (Å²) in [4.78, 5) is 18.1. The van der Waals surface area contributed by atoms with Crippen molar-refractivity contribution in [2.75, 3.05) is 18.6 Å². The fraction of sp³-hybridized carbons (Fsp3) is 0.200. The molecule has 0 unspecified atom stereocenters. The first-order chi connectivity index (χ1) is 10.1. The summed E-state index contributed by atoms with van der Waals surface area (Å²) in [5.74, 6) is -0.207. The molecule has 0 atom stereocenters. The number of pyridine rings is 1. The number of aromatic nitrogens is 1. The Morgan fingerprint density at radius 3 is 2.95 bits per heavy atom. The van der Waals surface area contributed by atoms with Crippen LogP contribution >= 0.6 is 11.6 Å². The van der Waals surface area contributed by atoms with E-state index in [2.05, 4.69) is 4.98 Å². The van der Waals surface area contributed by atoms with E-state index in [9.17, 15) is 9.18 Å². The molecule has 1 aliphatic rings. The lowest BCUT2D eigenvalue weighted by atomic mass is 9.98. The van der Waals surface area contributed by atoms with E-state index in [4.69, 9.17) is 16.3 Å². The fourth-order valence-electron chi connectivity index (χ4n) is 2.42. The van der Waals surface area contributed by atoms with Crippen molar-refractivity contribution in [3.05, 3.63) is 52.6 Å². The van der Waals surface area contributed by atoms with Gasteiger partial charge in [0.15, 0.2) is 0 Å². The topological polar surface area (TPSA) is 42.4 Å². The minimum absolute atomic E-state index is 0.0399. The van der Waals surface area contributed by atoms with Crippen LogP contribution in [-0.4, -0.2) is 24.5 Å². The lowest BCUT2D eigenvalue weighted by molar-refractivity contribution is 0.0979. The first kappa shape index (κ1) is 13.8. The molecule has 6 heteroatoms. The Morgan fingerprint density at radius 1 is 1.38 bits per heavy atom. The predicted molar refractivity (Wildman–Crippen MR) is 77.6 cm³/mol. The van der Waals surface area contributed by atoms with E-state index < -0.39 is 5.82 Å². The molecule has 21 heavy (non-hydrogen) atoms. The first-order valence-corrected chi connectivity index (χ1v) is 6.77. The van der Waals surface area contributed by atoms with Crippen LogP contribution in [0.4, 0.5) is 10.1 Å². The lowest BCUT2D eigenvalue weighted by Gasteiger charge is -2.28. The zero-order valence-electron chi connectivity index (χ0n) is 11.3. The van der Waals surface area contributed by atoms with Crippen molar-refractivity contribution < 1.29 is 13.9 Å². The second-order valence-electron chi connectivity index (χ2n) is 4.68. The summed E-state index contributed by atoms with van der Waals surface area (Å²) in [6.07, 6.45) is 3.55. The molecule has 4 nitrogen and oxygen atoms in total. The maximum atomic E-state index is 14.0. The number of carbonyl (C=O) groups excluding carboxylic acids is 1. The molecule has 0 aliphatic carbocycles. The highest BCUT2D eigenvalue weighted by Gasteiger charge is 2.28. The largest absolute Gasteiger partial charge is 0.495 e. The summed E-state index contributed by atoms with van der Waals surface area (Å²) in [5, 5.41) is 0.0399. The highest BCUT2D eigenvalue weighted by Crippen LogP contribution is 2.30. The Morgan fingerprint density at radius 2 is 2.19 bits per heavy atom. The van der Waals surface area contributed by atoms with E-state index in [0.717, 1.165) is 0 Å². The van der Waals surface area contributed by atoms with Gasteiger partial charge in [-0.3, -0.25) is 9.78 Å². The molecule has 2 heterocycles. The van der Waals surface area contributed by atoms with Gasteiger partial charge >= 0.3 is 0 Å². The van der Waals surface area contributed by atoms with Gasteiger partial charge in [0.1, 0.15) is 11.6 Å². The smallest absolute Gasteiger partial charge is 0.258 e. The third-order valence-electron chi connectivity index (χ3n) is 3.50. The van der Waals surface area contributed by atoms with Crippen molar-refractivity contribution in [3.63, 3.8) is 0 Å². The average molecular weight is 307 g/mol. The van der Waals surface area contributed by atoms with Crippen molar-refractivity contribution in [2.24, 2.45) is 0 Å². The van der Waals surface area contributed by atoms with Crippen LogP contribution in [0.25, 0.3) is 0 Å². The fourth-order valence-corrected chi connectivity index (χ4v) is 2.60. The Balaban J connectivity index is 2.01. The standard InChI is InChI=1S/C15H12ClFN2O2/c1-21-10-6-9(7-18-8-10)19-5-4-11-12(15(19)20)2-3-13(16)14(11)17/h2-3,6-8H,4-5H2,1H3. The quantitative estimate of drug-likeness (QED) is 0.856. The van der Waals surface area contributed by atoms with Gasteiger partial charge in [0.2, 0.25) is 0 Å². The molecule has 1 amide bonds. The number of anilines is 1. The average Bonchev–Trinajstić information content (AvgIpc) is 2.51. The molecule has 0 bridgehead atoms. The molecule has 1 aliphatic heterocycles. The third kappa shape index (κ3) is 2.34. The molecule has 1 aromatic carbocycles. The molecule has 0 spiro atoms. The molecule has 2 aromatic rings. The summed E-state index contributed by atoms with van der Waals surface area (Å²) in [6.45, 7) is 0.373. The minimum atomic E-state index is -0.508. The van der Waals surface area contributed by atoms with E-state index in [1.54, 1.807) is 29.4 Å². The Bertz CT molecular complexity index is 721. The van der Waals surface area contributed by atoms with Crippen LogP contribution in [0.1, 0.15) is 15.9 Å². The van der Waals surface area contributed by atoms with Gasteiger partial charge < -0.3 is 9.64 Å². The van der Waals surface area contributed by atoms with E-state index >= 15 is 0 Å². The summed E-state index contributed by atoms with van der Waals surface area (Å²) in [6, 6.07) is 4.69. The summed E-state index contributed by atoms with van der Waals surface area (Å²) in [5.41, 5.74) is 1.34. The van der Waals surface area contributed by atoms with Gasteiger partial charge in [-0.2, -0.15) is 0 Å². The first-order valence-electron chi connectivity index (χ1n) is 6.39. The van der Waals surface area contributed by atoms with Gasteiger partial charge in [-0.1, -0.05) is 11.6 Å². The van der Waals surface area contributed by atoms with Crippen LogP contribution in [0.15, 0.2) is 30.6 Å². The summed E-state index contributed by atoms with van der Waals surface area (Å²) >= 11 is 5.76. The van der Waals surface area contributed by atoms with Gasteiger partial charge in [0, 0.05) is 23.7 Å². The number of amides is 1. The van der Waals surface area contributed by atoms with Crippen LogP contribution in [0, 0.1) is 5.82 Å². The molecule has 0 N–H and O–H groups in total. The second kappa shape index (κ2) is 5.33. The van der Waals surface area contributed by atoms with E-state index in [-0.39, 0.29) is 10.9 Å². The van der Waals surface area contributed by atoms with Crippen LogP contribution in [0.5, 0.6) is 5.75 Å². The molecule has 3 rings (SSSR count). The number of methoxy groups -OCH3 is 1. The number of hydrogen-bond acceptors (Lipinski definition) is 3.